The van der Waals surface area contributed by atoms with E-state index in [1.165, 1.54) is 10.6 Å². The fourth-order valence-corrected chi connectivity index (χ4v) is 3.23. The molecule has 2 heterocycles. The van der Waals surface area contributed by atoms with Crippen molar-refractivity contribution in [3.05, 3.63) is 75.7 Å². The van der Waals surface area contributed by atoms with Crippen LogP contribution in [0.15, 0.2) is 47.3 Å². The lowest BCUT2D eigenvalue weighted by Gasteiger charge is -2.12. The number of hydrogen-bond donors (Lipinski definition) is 1. The van der Waals surface area contributed by atoms with Crippen LogP contribution in [0.4, 0.5) is 27.8 Å². The molecule has 0 spiro atoms. The molecule has 0 aliphatic carbocycles. The van der Waals surface area contributed by atoms with Crippen molar-refractivity contribution in [1.29, 1.82) is 0 Å². The second kappa shape index (κ2) is 8.13. The van der Waals surface area contributed by atoms with Crippen molar-refractivity contribution in [2.24, 2.45) is 0 Å². The van der Waals surface area contributed by atoms with Crippen molar-refractivity contribution in [2.45, 2.75) is 32.3 Å². The third-order valence-electron chi connectivity index (χ3n) is 4.66. The standard InChI is InChI=1S/C21H16F5N3O3/c1-11-9-29-17(27-11)8-18(28-20(29)30)31-10-12-5-15(22)19(16(23)6-12)32-14-4-2-3-13(7-14)21(24,25)26/h2-8,11,27H,9-10H2,1H3/t11-/m0/s1. The van der Waals surface area contributed by atoms with Crippen LogP contribution in [0.5, 0.6) is 17.4 Å². The molecule has 0 unspecified atom stereocenters. The summed E-state index contributed by atoms with van der Waals surface area (Å²) < 4.78 is 79.1. The number of fused-ring (bicyclic) bond motifs is 1. The van der Waals surface area contributed by atoms with E-state index in [0.29, 0.717) is 18.4 Å². The van der Waals surface area contributed by atoms with Gasteiger partial charge in [-0.15, -0.1) is 0 Å². The SMILES string of the molecule is C[C@H]1Cn2c(cc(OCc3cc(F)c(Oc4cccc(C(F)(F)F)c4)c(F)c3)nc2=O)N1. The Morgan fingerprint density at radius 1 is 1.16 bits per heavy atom. The van der Waals surface area contributed by atoms with Gasteiger partial charge in [0.25, 0.3) is 0 Å². The molecule has 1 aromatic heterocycles. The Kier molecular flexibility index (Phi) is 5.49. The maximum absolute atomic E-state index is 14.4. The molecule has 0 radical (unpaired) electrons. The summed E-state index contributed by atoms with van der Waals surface area (Å²) in [6.45, 7) is 2.05. The Morgan fingerprint density at radius 3 is 2.56 bits per heavy atom. The molecule has 4 rings (SSSR count). The molecular weight excluding hydrogens is 437 g/mol. The van der Waals surface area contributed by atoms with E-state index in [1.807, 2.05) is 6.92 Å². The number of rotatable bonds is 5. The summed E-state index contributed by atoms with van der Waals surface area (Å²) >= 11 is 0. The number of hydrogen-bond acceptors (Lipinski definition) is 5. The van der Waals surface area contributed by atoms with Crippen LogP contribution in [0.3, 0.4) is 0 Å². The topological polar surface area (TPSA) is 65.4 Å². The van der Waals surface area contributed by atoms with Crippen molar-refractivity contribution in [3.63, 3.8) is 0 Å². The van der Waals surface area contributed by atoms with Gasteiger partial charge in [-0.25, -0.2) is 13.6 Å². The van der Waals surface area contributed by atoms with Gasteiger partial charge in [0.05, 0.1) is 5.56 Å². The number of anilines is 1. The first kappa shape index (κ1) is 21.6. The molecule has 1 N–H and O–H groups in total. The summed E-state index contributed by atoms with van der Waals surface area (Å²) in [6, 6.07) is 7.07. The Labute approximate surface area is 178 Å². The van der Waals surface area contributed by atoms with E-state index in [1.54, 1.807) is 0 Å². The minimum absolute atomic E-state index is 0.0204. The second-order valence-electron chi connectivity index (χ2n) is 7.22. The average Bonchev–Trinajstić information content (AvgIpc) is 3.10. The van der Waals surface area contributed by atoms with Gasteiger partial charge < -0.3 is 14.8 Å². The van der Waals surface area contributed by atoms with E-state index in [0.717, 1.165) is 30.3 Å². The fourth-order valence-electron chi connectivity index (χ4n) is 3.23. The molecule has 1 atom stereocenters. The van der Waals surface area contributed by atoms with E-state index < -0.39 is 34.8 Å². The third-order valence-corrected chi connectivity index (χ3v) is 4.66. The molecule has 168 valence electrons. The minimum Gasteiger partial charge on any atom is -0.473 e. The smallest absolute Gasteiger partial charge is 0.416 e. The minimum atomic E-state index is -4.63. The molecule has 3 aromatic rings. The predicted octanol–water partition coefficient (Wildman–Crippen LogP) is 4.73. The maximum atomic E-state index is 14.4. The summed E-state index contributed by atoms with van der Waals surface area (Å²) in [7, 11) is 0. The number of halogens is 5. The Balaban J connectivity index is 1.50. The Morgan fingerprint density at radius 2 is 1.88 bits per heavy atom. The van der Waals surface area contributed by atoms with Crippen molar-refractivity contribution in [1.82, 2.24) is 9.55 Å². The predicted molar refractivity (Wildman–Crippen MR) is 104 cm³/mol. The van der Waals surface area contributed by atoms with E-state index in [2.05, 4.69) is 10.3 Å². The van der Waals surface area contributed by atoms with Crippen molar-refractivity contribution < 1.29 is 31.4 Å². The molecule has 32 heavy (non-hydrogen) atoms. The number of nitrogens with one attached hydrogen (secondary N) is 1. The highest BCUT2D eigenvalue weighted by Crippen LogP contribution is 2.34. The summed E-state index contributed by atoms with van der Waals surface area (Å²) in [4.78, 5) is 15.8. The molecule has 0 amide bonds. The first-order valence-corrected chi connectivity index (χ1v) is 9.44. The van der Waals surface area contributed by atoms with Crippen LogP contribution in [-0.4, -0.2) is 15.6 Å². The van der Waals surface area contributed by atoms with E-state index >= 15 is 0 Å². The van der Waals surface area contributed by atoms with Gasteiger partial charge in [0.2, 0.25) is 5.88 Å². The molecule has 11 heteroatoms. The Hall–Kier alpha value is -3.63. The number of aromatic nitrogens is 2. The highest BCUT2D eigenvalue weighted by atomic mass is 19.4. The number of benzene rings is 2. The lowest BCUT2D eigenvalue weighted by molar-refractivity contribution is -0.137. The molecule has 2 aromatic carbocycles. The van der Waals surface area contributed by atoms with Crippen LogP contribution in [0.25, 0.3) is 0 Å². The van der Waals surface area contributed by atoms with Gasteiger partial charge in [0.15, 0.2) is 17.4 Å². The van der Waals surface area contributed by atoms with E-state index in [9.17, 15) is 26.7 Å². The molecule has 0 bridgehead atoms. The van der Waals surface area contributed by atoms with Gasteiger partial charge in [-0.2, -0.15) is 18.2 Å². The summed E-state index contributed by atoms with van der Waals surface area (Å²) in [5.74, 6) is -2.97. The van der Waals surface area contributed by atoms with Crippen molar-refractivity contribution >= 4 is 5.82 Å². The first-order valence-electron chi connectivity index (χ1n) is 9.44. The third kappa shape index (κ3) is 4.51. The van der Waals surface area contributed by atoms with E-state index in [4.69, 9.17) is 9.47 Å². The van der Waals surface area contributed by atoms with Crippen LogP contribution < -0.4 is 20.5 Å². The fraction of sp³-hybridized carbons (Fsp3) is 0.238. The molecule has 1 aliphatic rings. The molecular formula is C21H16F5N3O3. The molecule has 0 fully saturated rings. The first-order chi connectivity index (χ1) is 15.1. The van der Waals surface area contributed by atoms with Crippen LogP contribution in [0.1, 0.15) is 18.1 Å². The largest absolute Gasteiger partial charge is 0.473 e. The lowest BCUT2D eigenvalue weighted by Crippen LogP contribution is -2.22. The number of nitrogens with zero attached hydrogens (tertiary/aromatic N) is 2. The van der Waals surface area contributed by atoms with Crippen LogP contribution in [-0.2, 0) is 19.3 Å². The van der Waals surface area contributed by atoms with Gasteiger partial charge in [0.1, 0.15) is 18.2 Å². The van der Waals surface area contributed by atoms with Crippen LogP contribution in [0, 0.1) is 11.6 Å². The lowest BCUT2D eigenvalue weighted by atomic mass is 10.2. The second-order valence-corrected chi connectivity index (χ2v) is 7.22. The Bertz CT molecular complexity index is 1200. The average molecular weight is 453 g/mol. The summed E-state index contributed by atoms with van der Waals surface area (Å²) in [5.41, 5.74) is -1.46. The number of alkyl halides is 3. The van der Waals surface area contributed by atoms with Crippen molar-refractivity contribution in [2.75, 3.05) is 5.32 Å². The molecule has 1 aliphatic heterocycles. The molecule has 0 saturated heterocycles. The van der Waals surface area contributed by atoms with Gasteiger partial charge in [-0.3, -0.25) is 4.57 Å². The van der Waals surface area contributed by atoms with Gasteiger partial charge >= 0.3 is 11.9 Å². The summed E-state index contributed by atoms with van der Waals surface area (Å²) in [6.07, 6.45) is -4.63. The summed E-state index contributed by atoms with van der Waals surface area (Å²) in [5, 5.41) is 3.07. The molecule has 0 saturated carbocycles. The highest BCUT2D eigenvalue weighted by Gasteiger charge is 2.31. The normalized spacial score (nSPS) is 15.2. The highest BCUT2D eigenvalue weighted by molar-refractivity contribution is 5.43. The van der Waals surface area contributed by atoms with Gasteiger partial charge in [-0.1, -0.05) is 6.07 Å². The van der Waals surface area contributed by atoms with Gasteiger partial charge in [-0.05, 0) is 42.8 Å². The van der Waals surface area contributed by atoms with Crippen LogP contribution >= 0.6 is 0 Å². The maximum Gasteiger partial charge on any atom is 0.416 e. The number of ether oxygens (including phenoxy) is 2. The zero-order valence-electron chi connectivity index (χ0n) is 16.5. The van der Waals surface area contributed by atoms with E-state index in [-0.39, 0.29) is 29.8 Å². The zero-order chi connectivity index (χ0) is 23.0. The zero-order valence-corrected chi connectivity index (χ0v) is 16.5. The van der Waals surface area contributed by atoms with Crippen LogP contribution in [0.2, 0.25) is 0 Å². The quantitative estimate of drug-likeness (QED) is 0.566. The van der Waals surface area contributed by atoms with Gasteiger partial charge in [0, 0.05) is 18.7 Å². The van der Waals surface area contributed by atoms with Crippen molar-refractivity contribution in [3.8, 4) is 17.4 Å². The molecule has 6 nitrogen and oxygen atoms in total. The monoisotopic (exact) mass is 453 g/mol.